The number of hydrogen-bond acceptors (Lipinski definition) is 3. The minimum Gasteiger partial charge on any atom is -0.375 e. The summed E-state index contributed by atoms with van der Waals surface area (Å²) in [5.74, 6) is 0. The van der Waals surface area contributed by atoms with Crippen LogP contribution in [0.25, 0.3) is 0 Å². The smallest absolute Gasteiger partial charge is 0.0697 e. The molecule has 1 aliphatic carbocycles. The van der Waals surface area contributed by atoms with E-state index < -0.39 is 0 Å². The van der Waals surface area contributed by atoms with E-state index in [0.29, 0.717) is 6.04 Å². The molecule has 1 saturated heterocycles. The van der Waals surface area contributed by atoms with Crippen molar-refractivity contribution >= 4 is 0 Å². The number of nitrogens with two attached hydrogens (primary N) is 1. The Bertz CT molecular complexity index is 428. The zero-order valence-corrected chi connectivity index (χ0v) is 13.0. The van der Waals surface area contributed by atoms with E-state index in [1.54, 1.807) is 0 Å². The van der Waals surface area contributed by atoms with Gasteiger partial charge in [-0.25, -0.2) is 0 Å². The Kier molecular flexibility index (Phi) is 4.94. The van der Waals surface area contributed by atoms with Gasteiger partial charge in [0, 0.05) is 32.3 Å². The van der Waals surface area contributed by atoms with Crippen LogP contribution in [0.4, 0.5) is 0 Å². The summed E-state index contributed by atoms with van der Waals surface area (Å²) in [7, 11) is 0. The maximum atomic E-state index is 6.18. The molecule has 0 aromatic heterocycles. The van der Waals surface area contributed by atoms with E-state index in [9.17, 15) is 0 Å². The Balaban J connectivity index is 1.68. The minimum atomic E-state index is 0.187. The van der Waals surface area contributed by atoms with E-state index in [4.69, 9.17) is 10.5 Å². The van der Waals surface area contributed by atoms with Gasteiger partial charge in [0.15, 0.2) is 0 Å². The van der Waals surface area contributed by atoms with Gasteiger partial charge in [-0.15, -0.1) is 0 Å². The van der Waals surface area contributed by atoms with Crippen LogP contribution in [0, 0.1) is 0 Å². The third kappa shape index (κ3) is 3.65. The standard InChI is InChI=1S/C18H28N2O/c19-11-12-20(15-16-6-2-1-3-7-16)17-8-13-21-18(14-17)9-4-5-10-18/h1-3,6-7,17H,4-5,8-15,19H2. The fraction of sp³-hybridized carbons (Fsp3) is 0.667. The molecule has 0 radical (unpaired) electrons. The van der Waals surface area contributed by atoms with Crippen molar-refractivity contribution < 1.29 is 4.74 Å². The number of rotatable bonds is 5. The van der Waals surface area contributed by atoms with Crippen LogP contribution in [0.2, 0.25) is 0 Å². The molecule has 1 aromatic rings. The van der Waals surface area contributed by atoms with Crippen molar-refractivity contribution in [3.63, 3.8) is 0 Å². The summed E-state index contributed by atoms with van der Waals surface area (Å²) in [6.07, 6.45) is 7.52. The van der Waals surface area contributed by atoms with Crippen molar-refractivity contribution in [2.75, 3.05) is 19.7 Å². The summed E-state index contributed by atoms with van der Waals surface area (Å²) >= 11 is 0. The van der Waals surface area contributed by atoms with Crippen LogP contribution in [-0.4, -0.2) is 36.2 Å². The van der Waals surface area contributed by atoms with Gasteiger partial charge >= 0.3 is 0 Å². The maximum absolute atomic E-state index is 6.18. The molecule has 21 heavy (non-hydrogen) atoms. The average Bonchev–Trinajstić information content (AvgIpc) is 2.96. The third-order valence-corrected chi connectivity index (χ3v) is 5.14. The molecule has 1 heterocycles. The highest BCUT2D eigenvalue weighted by Gasteiger charge is 2.41. The van der Waals surface area contributed by atoms with E-state index in [2.05, 4.69) is 35.2 Å². The SMILES string of the molecule is NCCN(Cc1ccccc1)C1CCOC2(CCCC2)C1. The molecule has 1 aromatic carbocycles. The molecule has 1 saturated carbocycles. The molecule has 1 spiro atoms. The highest BCUT2D eigenvalue weighted by atomic mass is 16.5. The second kappa shape index (κ2) is 6.91. The maximum Gasteiger partial charge on any atom is 0.0697 e. The van der Waals surface area contributed by atoms with Crippen molar-refractivity contribution in [2.24, 2.45) is 5.73 Å². The molecule has 1 aliphatic heterocycles. The van der Waals surface area contributed by atoms with Gasteiger partial charge < -0.3 is 10.5 Å². The number of ether oxygens (including phenoxy) is 1. The molecule has 0 amide bonds. The van der Waals surface area contributed by atoms with Crippen molar-refractivity contribution in [3.05, 3.63) is 35.9 Å². The monoisotopic (exact) mass is 288 g/mol. The van der Waals surface area contributed by atoms with Gasteiger partial charge in [-0.3, -0.25) is 4.90 Å². The van der Waals surface area contributed by atoms with Gasteiger partial charge in [-0.2, -0.15) is 0 Å². The zero-order chi connectivity index (χ0) is 14.5. The first-order valence-corrected chi connectivity index (χ1v) is 8.43. The lowest BCUT2D eigenvalue weighted by molar-refractivity contribution is -0.102. The third-order valence-electron chi connectivity index (χ3n) is 5.14. The Hall–Kier alpha value is -0.900. The van der Waals surface area contributed by atoms with Crippen LogP contribution in [0.15, 0.2) is 30.3 Å². The quantitative estimate of drug-likeness (QED) is 0.905. The van der Waals surface area contributed by atoms with E-state index in [-0.39, 0.29) is 5.60 Å². The van der Waals surface area contributed by atoms with Gasteiger partial charge in [-0.1, -0.05) is 43.2 Å². The molecule has 3 nitrogen and oxygen atoms in total. The molecule has 1 unspecified atom stereocenters. The van der Waals surface area contributed by atoms with Crippen LogP contribution in [0.5, 0.6) is 0 Å². The van der Waals surface area contributed by atoms with Crippen molar-refractivity contribution in [2.45, 2.75) is 56.7 Å². The first-order valence-electron chi connectivity index (χ1n) is 8.43. The van der Waals surface area contributed by atoms with Gasteiger partial charge in [0.1, 0.15) is 0 Å². The van der Waals surface area contributed by atoms with E-state index in [1.165, 1.54) is 37.7 Å². The topological polar surface area (TPSA) is 38.5 Å². The lowest BCUT2D eigenvalue weighted by Gasteiger charge is -2.43. The Morgan fingerprint density at radius 3 is 2.67 bits per heavy atom. The van der Waals surface area contributed by atoms with Crippen LogP contribution >= 0.6 is 0 Å². The number of nitrogens with zero attached hydrogens (tertiary/aromatic N) is 1. The second-order valence-corrected chi connectivity index (χ2v) is 6.63. The number of hydrogen-bond donors (Lipinski definition) is 1. The molecule has 2 aliphatic rings. The highest BCUT2D eigenvalue weighted by Crippen LogP contribution is 2.41. The summed E-state index contributed by atoms with van der Waals surface area (Å²) in [5.41, 5.74) is 7.44. The first kappa shape index (κ1) is 15.0. The van der Waals surface area contributed by atoms with Crippen LogP contribution in [-0.2, 0) is 11.3 Å². The molecule has 2 fully saturated rings. The number of benzene rings is 1. The van der Waals surface area contributed by atoms with E-state index >= 15 is 0 Å². The minimum absolute atomic E-state index is 0.187. The van der Waals surface area contributed by atoms with Crippen molar-refractivity contribution in [3.8, 4) is 0 Å². The summed E-state index contributed by atoms with van der Waals surface area (Å²) in [4.78, 5) is 2.58. The largest absolute Gasteiger partial charge is 0.375 e. The average molecular weight is 288 g/mol. The Morgan fingerprint density at radius 1 is 1.19 bits per heavy atom. The molecule has 2 N–H and O–H groups in total. The van der Waals surface area contributed by atoms with E-state index in [1.807, 2.05) is 0 Å². The Labute approximate surface area is 128 Å². The molecule has 3 rings (SSSR count). The summed E-state index contributed by atoms with van der Waals surface area (Å²) in [6, 6.07) is 11.4. The predicted octanol–water partition coefficient (Wildman–Crippen LogP) is 2.94. The molecular weight excluding hydrogens is 260 g/mol. The summed E-state index contributed by atoms with van der Waals surface area (Å²) < 4.78 is 6.18. The molecule has 3 heteroatoms. The molecule has 116 valence electrons. The fourth-order valence-electron chi connectivity index (χ4n) is 4.06. The lowest BCUT2D eigenvalue weighted by atomic mass is 9.88. The second-order valence-electron chi connectivity index (χ2n) is 6.63. The molecular formula is C18H28N2O. The summed E-state index contributed by atoms with van der Waals surface area (Å²) in [6.45, 7) is 3.64. The first-order chi connectivity index (χ1) is 10.3. The van der Waals surface area contributed by atoms with Gasteiger partial charge in [0.05, 0.1) is 5.60 Å². The van der Waals surface area contributed by atoms with Crippen LogP contribution in [0.3, 0.4) is 0 Å². The normalized spacial score (nSPS) is 24.8. The van der Waals surface area contributed by atoms with Crippen LogP contribution < -0.4 is 5.73 Å². The zero-order valence-electron chi connectivity index (χ0n) is 13.0. The predicted molar refractivity (Wildman–Crippen MR) is 86.1 cm³/mol. The van der Waals surface area contributed by atoms with Gasteiger partial charge in [0.25, 0.3) is 0 Å². The van der Waals surface area contributed by atoms with E-state index in [0.717, 1.165) is 32.7 Å². The Morgan fingerprint density at radius 2 is 1.95 bits per heavy atom. The van der Waals surface area contributed by atoms with Gasteiger partial charge in [-0.05, 0) is 31.2 Å². The molecule has 1 atom stereocenters. The summed E-state index contributed by atoms with van der Waals surface area (Å²) in [5, 5.41) is 0. The van der Waals surface area contributed by atoms with Gasteiger partial charge in [0.2, 0.25) is 0 Å². The van der Waals surface area contributed by atoms with Crippen molar-refractivity contribution in [1.29, 1.82) is 0 Å². The van der Waals surface area contributed by atoms with Crippen LogP contribution in [0.1, 0.15) is 44.1 Å². The fourth-order valence-corrected chi connectivity index (χ4v) is 4.06. The van der Waals surface area contributed by atoms with Crippen molar-refractivity contribution in [1.82, 2.24) is 4.90 Å². The lowest BCUT2D eigenvalue weighted by Crippen LogP contribution is -2.48. The molecule has 0 bridgehead atoms. The highest BCUT2D eigenvalue weighted by molar-refractivity contribution is 5.14.